The maximum Gasteiger partial charge on any atom is 0.278 e. The highest BCUT2D eigenvalue weighted by atomic mass is 32.1. The van der Waals surface area contributed by atoms with Crippen LogP contribution in [0.1, 0.15) is 42.5 Å². The van der Waals surface area contributed by atoms with Crippen molar-refractivity contribution in [2.45, 2.75) is 44.7 Å². The van der Waals surface area contributed by atoms with Crippen molar-refractivity contribution in [1.82, 2.24) is 9.80 Å². The van der Waals surface area contributed by atoms with Crippen LogP contribution in [0.2, 0.25) is 0 Å². The first-order chi connectivity index (χ1) is 13.2. The summed E-state index contributed by atoms with van der Waals surface area (Å²) in [7, 11) is 1.91. The lowest BCUT2D eigenvalue weighted by atomic mass is 9.94. The van der Waals surface area contributed by atoms with Crippen LogP contribution in [0.15, 0.2) is 53.5 Å². The smallest absolute Gasteiger partial charge is 0.278 e. The first-order valence-electron chi connectivity index (χ1n) is 9.58. The third-order valence-electron chi connectivity index (χ3n) is 5.44. The minimum absolute atomic E-state index is 0.0383. The van der Waals surface area contributed by atoms with Crippen LogP contribution in [0.5, 0.6) is 0 Å². The van der Waals surface area contributed by atoms with E-state index in [1.54, 1.807) is 4.90 Å². The Morgan fingerprint density at radius 1 is 1.00 bits per heavy atom. The van der Waals surface area contributed by atoms with Gasteiger partial charge >= 0.3 is 0 Å². The molecule has 4 nitrogen and oxygen atoms in total. The van der Waals surface area contributed by atoms with Crippen molar-refractivity contribution in [3.63, 3.8) is 0 Å². The van der Waals surface area contributed by atoms with Crippen molar-refractivity contribution >= 4 is 28.7 Å². The molecule has 27 heavy (non-hydrogen) atoms. The summed E-state index contributed by atoms with van der Waals surface area (Å²) < 4.78 is 0. The number of nitrogens with zero attached hydrogens (tertiary/aromatic N) is 2. The Bertz CT molecular complexity index is 852. The lowest BCUT2D eigenvalue weighted by Crippen LogP contribution is -2.43. The molecule has 0 atom stereocenters. The average molecular weight is 381 g/mol. The lowest BCUT2D eigenvalue weighted by Gasteiger charge is -2.30. The number of imide groups is 1. The normalized spacial score (nSPS) is 18.5. The maximum atomic E-state index is 13.4. The molecule has 2 aliphatic rings. The van der Waals surface area contributed by atoms with Crippen molar-refractivity contribution in [1.29, 1.82) is 0 Å². The molecule has 1 fully saturated rings. The van der Waals surface area contributed by atoms with Crippen molar-refractivity contribution < 1.29 is 9.59 Å². The van der Waals surface area contributed by atoms with E-state index in [0.717, 1.165) is 36.1 Å². The first kappa shape index (κ1) is 18.0. The van der Waals surface area contributed by atoms with Crippen molar-refractivity contribution in [3.05, 3.63) is 64.0 Å². The fourth-order valence-electron chi connectivity index (χ4n) is 4.14. The second-order valence-electron chi connectivity index (χ2n) is 7.31. The Labute approximate surface area is 164 Å². The second kappa shape index (κ2) is 7.69. The molecule has 2 amide bonds. The maximum absolute atomic E-state index is 13.4. The molecule has 2 heterocycles. The Morgan fingerprint density at radius 3 is 2.41 bits per heavy atom. The van der Waals surface area contributed by atoms with Gasteiger partial charge in [-0.05, 0) is 29.9 Å². The number of rotatable bonds is 5. The summed E-state index contributed by atoms with van der Waals surface area (Å²) in [6.07, 6.45) is 5.21. The minimum atomic E-state index is -0.131. The van der Waals surface area contributed by atoms with E-state index in [-0.39, 0.29) is 17.9 Å². The topological polar surface area (TPSA) is 40.6 Å². The van der Waals surface area contributed by atoms with Crippen LogP contribution < -0.4 is 0 Å². The minimum Gasteiger partial charge on any atom is -0.365 e. The summed E-state index contributed by atoms with van der Waals surface area (Å²) in [4.78, 5) is 31.0. The second-order valence-corrected chi connectivity index (χ2v) is 8.26. The number of hydrogen-bond acceptors (Lipinski definition) is 4. The molecule has 0 N–H and O–H groups in total. The molecule has 0 saturated heterocycles. The number of carbonyl (C=O) groups is 2. The number of carbonyl (C=O) groups excluding carboxylic acids is 2. The molecular weight excluding hydrogens is 356 g/mol. The van der Waals surface area contributed by atoms with Gasteiger partial charge in [0.25, 0.3) is 11.8 Å². The van der Waals surface area contributed by atoms with Crippen LogP contribution in [0.3, 0.4) is 0 Å². The van der Waals surface area contributed by atoms with Gasteiger partial charge in [-0.1, -0.05) is 55.7 Å². The number of likely N-dealkylation sites (N-methyl/N-ethyl adjacent to an activating group) is 1. The molecule has 1 aromatic carbocycles. The van der Waals surface area contributed by atoms with E-state index < -0.39 is 0 Å². The number of hydrogen-bond donors (Lipinski definition) is 0. The molecular formula is C22H24N2O2S. The Balaban J connectivity index is 1.69. The van der Waals surface area contributed by atoms with E-state index in [0.29, 0.717) is 17.8 Å². The molecule has 140 valence electrons. The Morgan fingerprint density at radius 2 is 1.74 bits per heavy atom. The van der Waals surface area contributed by atoms with Gasteiger partial charge in [0.1, 0.15) is 5.70 Å². The van der Waals surface area contributed by atoms with E-state index in [1.165, 1.54) is 17.8 Å². The molecule has 0 bridgehead atoms. The van der Waals surface area contributed by atoms with Gasteiger partial charge < -0.3 is 4.90 Å². The monoisotopic (exact) mass is 380 g/mol. The summed E-state index contributed by atoms with van der Waals surface area (Å²) in [5.74, 6) is -0.252. The zero-order valence-electron chi connectivity index (χ0n) is 15.6. The fraction of sp³-hybridized carbons (Fsp3) is 0.364. The zero-order chi connectivity index (χ0) is 18.8. The molecule has 1 saturated carbocycles. The summed E-state index contributed by atoms with van der Waals surface area (Å²) in [5.41, 5.74) is 2.23. The molecule has 4 rings (SSSR count). The Hall–Kier alpha value is -2.40. The summed E-state index contributed by atoms with van der Waals surface area (Å²) in [6.45, 7) is 0.600. The summed E-state index contributed by atoms with van der Waals surface area (Å²) in [5, 5.41) is 1.96. The quantitative estimate of drug-likeness (QED) is 0.727. The van der Waals surface area contributed by atoms with Gasteiger partial charge in [0, 0.05) is 24.5 Å². The Kier molecular flexibility index (Phi) is 5.12. The van der Waals surface area contributed by atoms with Gasteiger partial charge in [0.05, 0.1) is 5.57 Å². The SMILES string of the molecule is CN(Cc1ccccc1)C1=C(c2cccs2)C(=O)N(C2CCCCC2)C1=O. The van der Waals surface area contributed by atoms with Crippen LogP contribution in [0.4, 0.5) is 0 Å². The first-order valence-corrected chi connectivity index (χ1v) is 10.5. The van der Waals surface area contributed by atoms with Crippen LogP contribution in [-0.2, 0) is 16.1 Å². The van der Waals surface area contributed by atoms with Gasteiger partial charge in [-0.3, -0.25) is 14.5 Å². The molecule has 5 heteroatoms. The largest absolute Gasteiger partial charge is 0.365 e. The summed E-state index contributed by atoms with van der Waals surface area (Å²) in [6, 6.07) is 14.0. The predicted octanol–water partition coefficient (Wildman–Crippen LogP) is 4.29. The van der Waals surface area contributed by atoms with Gasteiger partial charge in [-0.15, -0.1) is 11.3 Å². The number of amides is 2. The predicted molar refractivity (Wildman–Crippen MR) is 108 cm³/mol. The highest BCUT2D eigenvalue weighted by Crippen LogP contribution is 2.37. The fourth-order valence-corrected chi connectivity index (χ4v) is 4.90. The van der Waals surface area contributed by atoms with E-state index in [1.807, 2.05) is 59.8 Å². The van der Waals surface area contributed by atoms with Crippen molar-refractivity contribution in [3.8, 4) is 0 Å². The molecule has 0 spiro atoms. The van der Waals surface area contributed by atoms with Crippen LogP contribution in [-0.4, -0.2) is 34.7 Å². The van der Waals surface area contributed by atoms with Crippen molar-refractivity contribution in [2.24, 2.45) is 0 Å². The van der Waals surface area contributed by atoms with E-state index >= 15 is 0 Å². The molecule has 1 aromatic heterocycles. The molecule has 1 aliphatic heterocycles. The number of benzene rings is 1. The van der Waals surface area contributed by atoms with Crippen LogP contribution >= 0.6 is 11.3 Å². The summed E-state index contributed by atoms with van der Waals surface area (Å²) >= 11 is 1.52. The standard InChI is InChI=1S/C22H24N2O2S/c1-23(15-16-9-4-2-5-10-16)20-19(18-13-8-14-27-18)21(25)24(22(20)26)17-11-6-3-7-12-17/h2,4-5,8-10,13-14,17H,3,6-7,11-12,15H2,1H3. The molecule has 0 unspecified atom stereocenters. The van der Waals surface area contributed by atoms with Gasteiger partial charge in [-0.2, -0.15) is 0 Å². The van der Waals surface area contributed by atoms with Crippen LogP contribution in [0.25, 0.3) is 5.57 Å². The highest BCUT2D eigenvalue weighted by molar-refractivity contribution is 7.11. The molecule has 1 aliphatic carbocycles. The van der Waals surface area contributed by atoms with Gasteiger partial charge in [0.15, 0.2) is 0 Å². The molecule has 0 radical (unpaired) electrons. The third-order valence-corrected chi connectivity index (χ3v) is 6.33. The zero-order valence-corrected chi connectivity index (χ0v) is 16.4. The molecule has 2 aromatic rings. The number of thiophene rings is 1. The highest BCUT2D eigenvalue weighted by Gasteiger charge is 2.44. The third kappa shape index (κ3) is 3.44. The van der Waals surface area contributed by atoms with Crippen LogP contribution in [0, 0.1) is 0 Å². The van der Waals surface area contributed by atoms with Crippen molar-refractivity contribution in [2.75, 3.05) is 7.05 Å². The van der Waals surface area contributed by atoms with E-state index in [2.05, 4.69) is 0 Å². The van der Waals surface area contributed by atoms with E-state index in [9.17, 15) is 9.59 Å². The lowest BCUT2D eigenvalue weighted by molar-refractivity contribution is -0.140. The average Bonchev–Trinajstić information content (AvgIpc) is 3.29. The van der Waals surface area contributed by atoms with E-state index in [4.69, 9.17) is 0 Å². The van der Waals surface area contributed by atoms with Gasteiger partial charge in [-0.25, -0.2) is 0 Å². The van der Waals surface area contributed by atoms with Gasteiger partial charge in [0.2, 0.25) is 0 Å².